The van der Waals surface area contributed by atoms with Gasteiger partial charge in [0, 0.05) is 12.0 Å². The van der Waals surface area contributed by atoms with E-state index < -0.39 is 47.3 Å². The van der Waals surface area contributed by atoms with Gasteiger partial charge in [-0.3, -0.25) is 0 Å². The molecule has 0 saturated carbocycles. The molecule has 1 amide bonds. The number of nitrogens with one attached hydrogen (secondary N) is 1. The SMILES string of the molecule is COc1ccc(F)c(CC(NC(=O)OC(C)(C)C)C(=O)O)c1F. The summed E-state index contributed by atoms with van der Waals surface area (Å²) in [5.74, 6) is -3.61. The number of methoxy groups -OCH3 is 1. The summed E-state index contributed by atoms with van der Waals surface area (Å²) in [6.07, 6.45) is -1.59. The fourth-order valence-electron chi connectivity index (χ4n) is 1.77. The number of carbonyl (C=O) groups excluding carboxylic acids is 1. The first-order valence-electron chi connectivity index (χ1n) is 6.78. The Hall–Kier alpha value is -2.38. The third kappa shape index (κ3) is 5.39. The molecule has 1 aromatic carbocycles. The van der Waals surface area contributed by atoms with Crippen molar-refractivity contribution in [2.75, 3.05) is 7.11 Å². The third-order valence-electron chi connectivity index (χ3n) is 2.77. The van der Waals surface area contributed by atoms with E-state index in [1.54, 1.807) is 20.8 Å². The number of hydrogen-bond acceptors (Lipinski definition) is 4. The number of rotatable bonds is 5. The largest absolute Gasteiger partial charge is 0.494 e. The van der Waals surface area contributed by atoms with E-state index in [-0.39, 0.29) is 5.75 Å². The van der Waals surface area contributed by atoms with Gasteiger partial charge in [0.1, 0.15) is 17.5 Å². The first-order valence-corrected chi connectivity index (χ1v) is 6.78. The summed E-state index contributed by atoms with van der Waals surface area (Å²) in [6, 6.07) is 0.496. The van der Waals surface area contributed by atoms with Crippen molar-refractivity contribution in [3.63, 3.8) is 0 Å². The minimum absolute atomic E-state index is 0.220. The summed E-state index contributed by atoms with van der Waals surface area (Å²) in [5, 5.41) is 11.2. The molecule has 0 bridgehead atoms. The van der Waals surface area contributed by atoms with Crippen LogP contribution in [-0.2, 0) is 16.0 Å². The lowest BCUT2D eigenvalue weighted by Gasteiger charge is -2.22. The number of carbonyl (C=O) groups is 2. The van der Waals surface area contributed by atoms with Gasteiger partial charge in [-0.15, -0.1) is 0 Å². The fourth-order valence-corrected chi connectivity index (χ4v) is 1.77. The lowest BCUT2D eigenvalue weighted by Crippen LogP contribution is -2.45. The highest BCUT2D eigenvalue weighted by Crippen LogP contribution is 2.24. The highest BCUT2D eigenvalue weighted by molar-refractivity contribution is 5.80. The summed E-state index contributed by atoms with van der Waals surface area (Å²) in [4.78, 5) is 22.9. The van der Waals surface area contributed by atoms with Crippen molar-refractivity contribution in [1.82, 2.24) is 5.32 Å². The van der Waals surface area contributed by atoms with E-state index in [0.29, 0.717) is 0 Å². The molecule has 0 aliphatic carbocycles. The highest BCUT2D eigenvalue weighted by Gasteiger charge is 2.27. The molecule has 8 heteroatoms. The number of aliphatic carboxylic acids is 1. The van der Waals surface area contributed by atoms with Gasteiger partial charge in [-0.25, -0.2) is 18.4 Å². The Labute approximate surface area is 132 Å². The molecular formula is C15H19F2NO5. The Kier molecular flexibility index (Phi) is 5.89. The first kappa shape index (κ1) is 18.7. The number of carboxylic acid groups (broad SMARTS) is 1. The first-order chi connectivity index (χ1) is 10.5. The predicted molar refractivity (Wildman–Crippen MR) is 77.4 cm³/mol. The molecule has 128 valence electrons. The smallest absolute Gasteiger partial charge is 0.408 e. The van der Waals surface area contributed by atoms with E-state index in [1.807, 2.05) is 0 Å². The van der Waals surface area contributed by atoms with Crippen molar-refractivity contribution in [2.24, 2.45) is 0 Å². The lowest BCUT2D eigenvalue weighted by atomic mass is 10.0. The number of ether oxygens (including phenoxy) is 2. The van der Waals surface area contributed by atoms with Crippen molar-refractivity contribution >= 4 is 12.1 Å². The average molecular weight is 331 g/mol. The van der Waals surface area contributed by atoms with Crippen LogP contribution in [0.2, 0.25) is 0 Å². The molecule has 0 heterocycles. The molecule has 0 spiro atoms. The summed E-state index contributed by atoms with van der Waals surface area (Å²) in [7, 11) is 1.20. The minimum Gasteiger partial charge on any atom is -0.494 e. The number of halogens is 2. The zero-order chi connectivity index (χ0) is 17.8. The molecule has 1 rings (SSSR count). The highest BCUT2D eigenvalue weighted by atomic mass is 19.1. The number of hydrogen-bond donors (Lipinski definition) is 2. The Bertz CT molecular complexity index is 598. The van der Waals surface area contributed by atoms with Gasteiger partial charge in [0.25, 0.3) is 0 Å². The maximum absolute atomic E-state index is 14.1. The molecule has 0 aromatic heterocycles. The van der Waals surface area contributed by atoms with Crippen LogP contribution in [0.25, 0.3) is 0 Å². The number of carboxylic acids is 1. The van der Waals surface area contributed by atoms with Crippen LogP contribution in [0.3, 0.4) is 0 Å². The zero-order valence-electron chi connectivity index (χ0n) is 13.3. The third-order valence-corrected chi connectivity index (χ3v) is 2.77. The van der Waals surface area contributed by atoms with Gasteiger partial charge in [-0.2, -0.15) is 0 Å². The maximum Gasteiger partial charge on any atom is 0.408 e. The summed E-state index contributed by atoms with van der Waals surface area (Å²) in [6.45, 7) is 4.80. The second-order valence-corrected chi connectivity index (χ2v) is 5.78. The van der Waals surface area contributed by atoms with Gasteiger partial charge in [0.2, 0.25) is 0 Å². The van der Waals surface area contributed by atoms with Crippen LogP contribution < -0.4 is 10.1 Å². The van der Waals surface area contributed by atoms with Gasteiger partial charge in [0.05, 0.1) is 7.11 Å². The standard InChI is InChI=1S/C15H19F2NO5/c1-15(2,3)23-14(21)18-10(13(19)20)7-8-9(16)5-6-11(22-4)12(8)17/h5-6,10H,7H2,1-4H3,(H,18,21)(H,19,20). The van der Waals surface area contributed by atoms with Crippen molar-refractivity contribution < 1.29 is 33.0 Å². The van der Waals surface area contributed by atoms with E-state index >= 15 is 0 Å². The van der Waals surface area contributed by atoms with Crippen LogP contribution >= 0.6 is 0 Å². The van der Waals surface area contributed by atoms with Crippen LogP contribution in [0, 0.1) is 11.6 Å². The Balaban J connectivity index is 2.98. The second kappa shape index (κ2) is 7.26. The molecular weight excluding hydrogens is 312 g/mol. The average Bonchev–Trinajstić information content (AvgIpc) is 2.40. The molecule has 0 fully saturated rings. The van der Waals surface area contributed by atoms with Crippen molar-refractivity contribution in [3.8, 4) is 5.75 Å². The normalized spacial score (nSPS) is 12.4. The Morgan fingerprint density at radius 1 is 1.30 bits per heavy atom. The molecule has 6 nitrogen and oxygen atoms in total. The monoisotopic (exact) mass is 331 g/mol. The van der Waals surface area contributed by atoms with Gasteiger partial charge in [0.15, 0.2) is 11.6 Å². The topological polar surface area (TPSA) is 84.9 Å². The van der Waals surface area contributed by atoms with E-state index in [0.717, 1.165) is 12.1 Å². The van der Waals surface area contributed by atoms with Gasteiger partial charge in [-0.1, -0.05) is 0 Å². The van der Waals surface area contributed by atoms with Gasteiger partial charge in [-0.05, 0) is 32.9 Å². The van der Waals surface area contributed by atoms with E-state index in [2.05, 4.69) is 5.32 Å². The van der Waals surface area contributed by atoms with Gasteiger partial charge >= 0.3 is 12.1 Å². The fraction of sp³-hybridized carbons (Fsp3) is 0.467. The van der Waals surface area contributed by atoms with Crippen LogP contribution in [0.5, 0.6) is 5.75 Å². The van der Waals surface area contributed by atoms with Crippen LogP contribution in [0.15, 0.2) is 12.1 Å². The molecule has 23 heavy (non-hydrogen) atoms. The summed E-state index contributed by atoms with van der Waals surface area (Å²) >= 11 is 0. The molecule has 0 saturated heterocycles. The molecule has 1 unspecified atom stereocenters. The van der Waals surface area contributed by atoms with E-state index in [1.165, 1.54) is 7.11 Å². The van der Waals surface area contributed by atoms with Crippen LogP contribution in [0.1, 0.15) is 26.3 Å². The number of alkyl carbamates (subject to hydrolysis) is 1. The molecule has 0 aliphatic heterocycles. The maximum atomic E-state index is 14.1. The number of amides is 1. The minimum atomic E-state index is -1.55. The molecule has 1 atom stereocenters. The van der Waals surface area contributed by atoms with Crippen molar-refractivity contribution in [2.45, 2.75) is 38.8 Å². The Morgan fingerprint density at radius 3 is 2.39 bits per heavy atom. The van der Waals surface area contributed by atoms with E-state index in [4.69, 9.17) is 14.6 Å². The quantitative estimate of drug-likeness (QED) is 0.866. The molecule has 0 radical (unpaired) electrons. The van der Waals surface area contributed by atoms with Crippen LogP contribution in [-0.4, -0.2) is 35.9 Å². The zero-order valence-corrected chi connectivity index (χ0v) is 13.3. The molecule has 0 aliphatic rings. The molecule has 1 aromatic rings. The summed E-state index contributed by atoms with van der Waals surface area (Å²) in [5.41, 5.74) is -1.33. The summed E-state index contributed by atoms with van der Waals surface area (Å²) < 4.78 is 37.5. The van der Waals surface area contributed by atoms with Crippen molar-refractivity contribution in [1.29, 1.82) is 0 Å². The van der Waals surface area contributed by atoms with E-state index in [9.17, 15) is 18.4 Å². The van der Waals surface area contributed by atoms with Gasteiger partial charge < -0.3 is 19.9 Å². The number of benzene rings is 1. The lowest BCUT2D eigenvalue weighted by molar-refractivity contribution is -0.139. The van der Waals surface area contributed by atoms with Crippen LogP contribution in [0.4, 0.5) is 13.6 Å². The van der Waals surface area contributed by atoms with Crippen molar-refractivity contribution in [3.05, 3.63) is 29.3 Å². The predicted octanol–water partition coefficient (Wildman–Crippen LogP) is 2.49. The molecule has 2 N–H and O–H groups in total. The Morgan fingerprint density at radius 2 is 1.91 bits per heavy atom. The second-order valence-electron chi connectivity index (χ2n) is 5.78.